The largest absolute Gasteiger partial charge is 0.465 e. The van der Waals surface area contributed by atoms with Crippen molar-refractivity contribution < 1.29 is 23.9 Å². The molecule has 0 saturated heterocycles. The van der Waals surface area contributed by atoms with E-state index < -0.39 is 0 Å². The molecular formula is C34H52O5. The Morgan fingerprint density at radius 1 is 0.897 bits per heavy atom. The average molecular weight is 541 g/mol. The summed E-state index contributed by atoms with van der Waals surface area (Å²) in [6, 6.07) is 0. The molecule has 0 radical (unpaired) electrons. The molecule has 5 heteroatoms. The molecule has 0 spiro atoms. The van der Waals surface area contributed by atoms with Crippen molar-refractivity contribution in [2.45, 2.75) is 126 Å². The number of allylic oxidation sites excluding steroid dienone is 1. The third-order valence-electron chi connectivity index (χ3n) is 13.3. The van der Waals surface area contributed by atoms with Crippen LogP contribution in [0.25, 0.3) is 0 Å². The lowest BCUT2D eigenvalue weighted by molar-refractivity contribution is -0.213. The second-order valence-corrected chi connectivity index (χ2v) is 15.7. The zero-order chi connectivity index (χ0) is 28.8. The van der Waals surface area contributed by atoms with Crippen molar-refractivity contribution in [2.75, 3.05) is 6.61 Å². The molecule has 8 atom stereocenters. The van der Waals surface area contributed by atoms with Crippen LogP contribution in [0.15, 0.2) is 11.1 Å². The number of carbonyl (C=O) groups excluding carboxylic acids is 3. The number of rotatable bonds is 4. The molecule has 0 aromatic heterocycles. The molecule has 0 aliphatic heterocycles. The number of hydrogen-bond acceptors (Lipinski definition) is 5. The first-order valence-electron chi connectivity index (χ1n) is 15.6. The predicted molar refractivity (Wildman–Crippen MR) is 152 cm³/mol. The number of Topliss-reactive ketones (excluding diaryl/α,β-unsaturated/α-hetero) is 1. The van der Waals surface area contributed by atoms with Gasteiger partial charge in [-0.15, -0.1) is 0 Å². The summed E-state index contributed by atoms with van der Waals surface area (Å²) in [4.78, 5) is 37.4. The summed E-state index contributed by atoms with van der Waals surface area (Å²) in [6.45, 7) is 20.1. The molecule has 5 aliphatic carbocycles. The number of hydrogen-bond donors (Lipinski definition) is 0. The van der Waals surface area contributed by atoms with Crippen LogP contribution in [0.5, 0.6) is 0 Å². The average Bonchev–Trinajstić information content (AvgIpc) is 3.12. The molecule has 0 aromatic rings. The Balaban J connectivity index is 1.58. The van der Waals surface area contributed by atoms with Gasteiger partial charge in [0.1, 0.15) is 18.5 Å². The van der Waals surface area contributed by atoms with E-state index in [1.807, 2.05) is 0 Å². The van der Waals surface area contributed by atoms with Crippen LogP contribution in [0.2, 0.25) is 0 Å². The van der Waals surface area contributed by atoms with Gasteiger partial charge in [0.15, 0.2) is 0 Å². The zero-order valence-electron chi connectivity index (χ0n) is 26.0. The van der Waals surface area contributed by atoms with Crippen LogP contribution in [0.1, 0.15) is 120 Å². The van der Waals surface area contributed by atoms with E-state index in [9.17, 15) is 14.4 Å². The third kappa shape index (κ3) is 3.94. The lowest BCUT2D eigenvalue weighted by Gasteiger charge is -2.70. The molecule has 4 saturated carbocycles. The molecular weight excluding hydrogens is 488 g/mol. The molecule has 0 aromatic carbocycles. The molecule has 39 heavy (non-hydrogen) atoms. The van der Waals surface area contributed by atoms with E-state index in [0.29, 0.717) is 30.6 Å². The van der Waals surface area contributed by atoms with Crippen LogP contribution < -0.4 is 0 Å². The quantitative estimate of drug-likeness (QED) is 0.273. The summed E-state index contributed by atoms with van der Waals surface area (Å²) in [5.74, 6) is 1.23. The number of fused-ring (bicyclic) bond motifs is 6. The van der Waals surface area contributed by atoms with E-state index in [0.717, 1.165) is 44.9 Å². The first-order valence-corrected chi connectivity index (χ1v) is 15.6. The fraction of sp³-hybridized carbons (Fsp3) is 0.853. The standard InChI is InChI=1S/C34H52O5/c1-20(2)28-24(37)18-34(19-38-21(3)35)17-16-32(8)23(29(28)34)10-11-26-31(7)14-13-27(39-22(4)36)30(5,6)25(31)12-15-33(26,32)9/h20,25-28H,10-19H2,1-9H3/t25-,26+,27-,28?,31-,32+,33+,34-/m0/s1. The Hall–Kier alpha value is -1.65. The van der Waals surface area contributed by atoms with Crippen LogP contribution >= 0.6 is 0 Å². The van der Waals surface area contributed by atoms with Crippen LogP contribution in [0.4, 0.5) is 0 Å². The fourth-order valence-corrected chi connectivity index (χ4v) is 11.4. The highest BCUT2D eigenvalue weighted by Gasteiger charge is 2.69. The maximum Gasteiger partial charge on any atom is 0.302 e. The minimum atomic E-state index is -0.319. The molecule has 0 bridgehead atoms. The van der Waals surface area contributed by atoms with Gasteiger partial charge >= 0.3 is 11.9 Å². The van der Waals surface area contributed by atoms with E-state index in [-0.39, 0.29) is 57.0 Å². The molecule has 5 rings (SSSR count). The first kappa shape index (κ1) is 28.9. The Labute approximate surface area is 236 Å². The van der Waals surface area contributed by atoms with Gasteiger partial charge in [-0.05, 0) is 90.9 Å². The van der Waals surface area contributed by atoms with Gasteiger partial charge in [-0.25, -0.2) is 0 Å². The molecule has 0 N–H and O–H groups in total. The highest BCUT2D eigenvalue weighted by atomic mass is 16.5. The van der Waals surface area contributed by atoms with Crippen molar-refractivity contribution in [2.24, 2.45) is 50.7 Å². The maximum atomic E-state index is 13.6. The first-order chi connectivity index (χ1) is 18.0. The highest BCUT2D eigenvalue weighted by molar-refractivity contribution is 5.90. The van der Waals surface area contributed by atoms with Crippen LogP contribution in [-0.2, 0) is 23.9 Å². The molecule has 1 unspecified atom stereocenters. The van der Waals surface area contributed by atoms with E-state index >= 15 is 0 Å². The van der Waals surface area contributed by atoms with Gasteiger partial charge < -0.3 is 9.47 Å². The van der Waals surface area contributed by atoms with Gasteiger partial charge in [0.2, 0.25) is 0 Å². The Morgan fingerprint density at radius 2 is 1.59 bits per heavy atom. The third-order valence-corrected chi connectivity index (χ3v) is 13.3. The molecule has 4 fully saturated rings. The number of esters is 2. The van der Waals surface area contributed by atoms with Crippen LogP contribution in [-0.4, -0.2) is 30.4 Å². The van der Waals surface area contributed by atoms with Crippen LogP contribution in [0, 0.1) is 50.7 Å². The number of carbonyl (C=O) groups is 3. The summed E-state index contributed by atoms with van der Waals surface area (Å²) < 4.78 is 11.6. The Bertz CT molecular complexity index is 1100. The summed E-state index contributed by atoms with van der Waals surface area (Å²) in [7, 11) is 0. The van der Waals surface area contributed by atoms with E-state index in [1.54, 1.807) is 12.5 Å². The lowest BCUT2D eigenvalue weighted by atomic mass is 9.34. The molecule has 5 nitrogen and oxygen atoms in total. The van der Waals surface area contributed by atoms with Gasteiger partial charge in [-0.1, -0.05) is 54.0 Å². The highest BCUT2D eigenvalue weighted by Crippen LogP contribution is 2.76. The van der Waals surface area contributed by atoms with Gasteiger partial charge in [-0.3, -0.25) is 14.4 Å². The van der Waals surface area contributed by atoms with Gasteiger partial charge in [0, 0.05) is 37.0 Å². The smallest absolute Gasteiger partial charge is 0.302 e. The topological polar surface area (TPSA) is 69.7 Å². The monoisotopic (exact) mass is 540 g/mol. The second-order valence-electron chi connectivity index (χ2n) is 15.7. The predicted octanol–water partition coefficient (Wildman–Crippen LogP) is 7.46. The minimum absolute atomic E-state index is 0.0119. The van der Waals surface area contributed by atoms with E-state index in [2.05, 4.69) is 48.5 Å². The summed E-state index contributed by atoms with van der Waals surface area (Å²) >= 11 is 0. The lowest BCUT2D eigenvalue weighted by Crippen LogP contribution is -2.64. The zero-order valence-corrected chi connectivity index (χ0v) is 26.0. The SMILES string of the molecule is CC(=O)OC[C@@]12CC[C@]3(C)C(=C1C(C(C)C)C(=O)C2)CC[C@@H]1[C@@]2(C)CC[C@H](OC(C)=O)C(C)(C)[C@@H]2CC[C@]13C. The molecule has 0 amide bonds. The normalized spacial score (nSPS) is 44.7. The second kappa shape index (κ2) is 9.18. The Morgan fingerprint density at radius 3 is 2.21 bits per heavy atom. The van der Waals surface area contributed by atoms with Crippen molar-refractivity contribution in [3.8, 4) is 0 Å². The summed E-state index contributed by atoms with van der Waals surface area (Å²) in [6.07, 6.45) is 9.03. The van der Waals surface area contributed by atoms with Crippen molar-refractivity contribution in [3.05, 3.63) is 11.1 Å². The fourth-order valence-electron chi connectivity index (χ4n) is 11.4. The van der Waals surface area contributed by atoms with Crippen molar-refractivity contribution in [1.82, 2.24) is 0 Å². The van der Waals surface area contributed by atoms with Gasteiger partial charge in [0.05, 0.1) is 0 Å². The molecule has 218 valence electrons. The number of ether oxygens (including phenoxy) is 2. The van der Waals surface area contributed by atoms with Gasteiger partial charge in [0.25, 0.3) is 0 Å². The summed E-state index contributed by atoms with van der Waals surface area (Å²) in [5, 5.41) is 0. The van der Waals surface area contributed by atoms with E-state index in [1.165, 1.54) is 18.9 Å². The maximum absolute atomic E-state index is 13.6. The van der Waals surface area contributed by atoms with Gasteiger partial charge in [-0.2, -0.15) is 0 Å². The van der Waals surface area contributed by atoms with Crippen LogP contribution in [0.3, 0.4) is 0 Å². The molecule has 5 aliphatic rings. The summed E-state index contributed by atoms with van der Waals surface area (Å²) in [5.41, 5.74) is 2.91. The van der Waals surface area contributed by atoms with E-state index in [4.69, 9.17) is 9.47 Å². The van der Waals surface area contributed by atoms with Crippen molar-refractivity contribution in [3.63, 3.8) is 0 Å². The van der Waals surface area contributed by atoms with Crippen molar-refractivity contribution >= 4 is 17.7 Å². The van der Waals surface area contributed by atoms with Crippen molar-refractivity contribution in [1.29, 1.82) is 0 Å². The minimum Gasteiger partial charge on any atom is -0.465 e. The molecule has 0 heterocycles. The number of ketones is 1. The Kier molecular flexibility index (Phi) is 6.79.